The fourth-order valence-corrected chi connectivity index (χ4v) is 2.19. The number of carbonyl (C=O) groups is 1. The van der Waals surface area contributed by atoms with Gasteiger partial charge in [0.2, 0.25) is 5.91 Å². The van der Waals surface area contributed by atoms with Crippen LogP contribution in [0, 0.1) is 5.92 Å². The summed E-state index contributed by atoms with van der Waals surface area (Å²) in [5.41, 5.74) is 7.16. The SMILES string of the molecule is CC[C@@H]1C(=O)N[C@H](c2ccccc2)[C@H]1N. The lowest BCUT2D eigenvalue weighted by atomic mass is 9.93. The monoisotopic (exact) mass is 204 g/mol. The van der Waals surface area contributed by atoms with Crippen LogP contribution in [0.2, 0.25) is 0 Å². The Morgan fingerprint density at radius 3 is 2.53 bits per heavy atom. The lowest BCUT2D eigenvalue weighted by Gasteiger charge is -2.17. The summed E-state index contributed by atoms with van der Waals surface area (Å²) in [5.74, 6) is 0.0362. The molecule has 1 amide bonds. The highest BCUT2D eigenvalue weighted by atomic mass is 16.2. The van der Waals surface area contributed by atoms with Crippen LogP contribution in [-0.4, -0.2) is 11.9 Å². The van der Waals surface area contributed by atoms with Crippen LogP contribution in [0.3, 0.4) is 0 Å². The van der Waals surface area contributed by atoms with E-state index in [4.69, 9.17) is 5.73 Å². The van der Waals surface area contributed by atoms with Crippen LogP contribution >= 0.6 is 0 Å². The molecule has 0 aromatic heterocycles. The highest BCUT2D eigenvalue weighted by Gasteiger charge is 2.39. The summed E-state index contributed by atoms with van der Waals surface area (Å²) in [4.78, 5) is 11.6. The number of amides is 1. The Morgan fingerprint density at radius 1 is 1.33 bits per heavy atom. The largest absolute Gasteiger partial charge is 0.347 e. The Morgan fingerprint density at radius 2 is 2.00 bits per heavy atom. The zero-order valence-electron chi connectivity index (χ0n) is 8.81. The van der Waals surface area contributed by atoms with Gasteiger partial charge in [0.1, 0.15) is 0 Å². The molecule has 1 fully saturated rings. The number of rotatable bonds is 2. The maximum Gasteiger partial charge on any atom is 0.225 e. The molecule has 0 radical (unpaired) electrons. The molecule has 1 aliphatic rings. The number of hydrogen-bond acceptors (Lipinski definition) is 2. The third-order valence-corrected chi connectivity index (χ3v) is 3.08. The molecule has 0 spiro atoms. The van der Waals surface area contributed by atoms with Crippen molar-refractivity contribution in [1.29, 1.82) is 0 Å². The standard InChI is InChI=1S/C12H16N2O/c1-2-9-10(13)11(14-12(9)15)8-6-4-3-5-7-8/h3-7,9-11H,2,13H2,1H3,(H,14,15)/t9-,10-,11+/m0/s1. The normalized spacial score (nSPS) is 30.3. The van der Waals surface area contributed by atoms with E-state index in [-0.39, 0.29) is 23.9 Å². The first-order valence-corrected chi connectivity index (χ1v) is 5.35. The summed E-state index contributed by atoms with van der Waals surface area (Å²) in [6, 6.07) is 9.77. The fourth-order valence-electron chi connectivity index (χ4n) is 2.19. The van der Waals surface area contributed by atoms with Crippen molar-refractivity contribution >= 4 is 5.91 Å². The Kier molecular flexibility index (Phi) is 2.73. The van der Waals surface area contributed by atoms with Gasteiger partial charge >= 0.3 is 0 Å². The topological polar surface area (TPSA) is 55.1 Å². The van der Waals surface area contributed by atoms with E-state index >= 15 is 0 Å². The summed E-state index contributed by atoms with van der Waals surface area (Å²) in [5, 5.41) is 2.96. The van der Waals surface area contributed by atoms with E-state index in [2.05, 4.69) is 5.32 Å². The molecule has 3 N–H and O–H groups in total. The Hall–Kier alpha value is -1.35. The first kappa shape index (κ1) is 10.2. The van der Waals surface area contributed by atoms with Gasteiger partial charge in [-0.1, -0.05) is 37.3 Å². The van der Waals surface area contributed by atoms with Crippen molar-refractivity contribution in [1.82, 2.24) is 5.32 Å². The van der Waals surface area contributed by atoms with Gasteiger partial charge in [-0.25, -0.2) is 0 Å². The van der Waals surface area contributed by atoms with E-state index < -0.39 is 0 Å². The van der Waals surface area contributed by atoms with E-state index in [0.717, 1.165) is 12.0 Å². The average Bonchev–Trinajstić information content (AvgIpc) is 2.55. The van der Waals surface area contributed by atoms with E-state index in [1.165, 1.54) is 0 Å². The van der Waals surface area contributed by atoms with Crippen LogP contribution in [0.5, 0.6) is 0 Å². The number of carbonyl (C=O) groups excluding carboxylic acids is 1. The Balaban J connectivity index is 2.23. The quantitative estimate of drug-likeness (QED) is 0.760. The number of nitrogens with two attached hydrogens (primary N) is 1. The molecule has 2 rings (SSSR count). The van der Waals surface area contributed by atoms with Crippen LogP contribution in [0.25, 0.3) is 0 Å². The number of nitrogens with one attached hydrogen (secondary N) is 1. The van der Waals surface area contributed by atoms with Gasteiger partial charge in [-0.3, -0.25) is 4.79 Å². The van der Waals surface area contributed by atoms with Crippen molar-refractivity contribution in [2.45, 2.75) is 25.4 Å². The van der Waals surface area contributed by atoms with Gasteiger partial charge in [0.25, 0.3) is 0 Å². The lowest BCUT2D eigenvalue weighted by Crippen LogP contribution is -2.32. The second kappa shape index (κ2) is 4.03. The van der Waals surface area contributed by atoms with E-state index in [9.17, 15) is 4.79 Å². The molecule has 1 aromatic carbocycles. The van der Waals surface area contributed by atoms with Gasteiger partial charge < -0.3 is 11.1 Å². The number of hydrogen-bond donors (Lipinski definition) is 2. The molecular weight excluding hydrogens is 188 g/mol. The Bertz CT molecular complexity index is 350. The molecule has 0 aliphatic carbocycles. The zero-order chi connectivity index (χ0) is 10.8. The summed E-state index contributed by atoms with van der Waals surface area (Å²) in [7, 11) is 0. The molecule has 3 nitrogen and oxygen atoms in total. The predicted molar refractivity (Wildman–Crippen MR) is 59.1 cm³/mol. The van der Waals surface area contributed by atoms with Crippen LogP contribution in [0.4, 0.5) is 0 Å². The van der Waals surface area contributed by atoms with Gasteiger partial charge in [0, 0.05) is 6.04 Å². The van der Waals surface area contributed by atoms with Gasteiger partial charge in [0.05, 0.1) is 12.0 Å². The van der Waals surface area contributed by atoms with Crippen molar-refractivity contribution in [2.75, 3.05) is 0 Å². The minimum Gasteiger partial charge on any atom is -0.347 e. The molecule has 80 valence electrons. The molecule has 1 aliphatic heterocycles. The first-order chi connectivity index (χ1) is 7.24. The van der Waals surface area contributed by atoms with Crippen LogP contribution < -0.4 is 11.1 Å². The molecule has 3 atom stereocenters. The van der Waals surface area contributed by atoms with Crippen molar-refractivity contribution in [3.8, 4) is 0 Å². The van der Waals surface area contributed by atoms with E-state index in [1.54, 1.807) is 0 Å². The zero-order valence-corrected chi connectivity index (χ0v) is 8.81. The van der Waals surface area contributed by atoms with Crippen LogP contribution in [0.15, 0.2) is 30.3 Å². The van der Waals surface area contributed by atoms with Crippen LogP contribution in [0.1, 0.15) is 24.9 Å². The second-order valence-electron chi connectivity index (χ2n) is 3.99. The summed E-state index contributed by atoms with van der Waals surface area (Å²) >= 11 is 0. The molecule has 0 bridgehead atoms. The second-order valence-corrected chi connectivity index (χ2v) is 3.99. The molecule has 3 heteroatoms. The molecule has 15 heavy (non-hydrogen) atoms. The number of benzene rings is 1. The minimum absolute atomic E-state index is 0.0244. The lowest BCUT2D eigenvalue weighted by molar-refractivity contribution is -0.122. The predicted octanol–water partition coefficient (Wildman–Crippen LogP) is 1.21. The molecule has 0 saturated carbocycles. The molecule has 0 unspecified atom stereocenters. The molecule has 1 aromatic rings. The van der Waals surface area contributed by atoms with Gasteiger partial charge in [-0.2, -0.15) is 0 Å². The third kappa shape index (κ3) is 1.75. The van der Waals surface area contributed by atoms with Crippen molar-refractivity contribution < 1.29 is 4.79 Å². The maximum atomic E-state index is 11.6. The highest BCUT2D eigenvalue weighted by Crippen LogP contribution is 2.28. The van der Waals surface area contributed by atoms with Crippen LogP contribution in [-0.2, 0) is 4.79 Å². The average molecular weight is 204 g/mol. The van der Waals surface area contributed by atoms with Gasteiger partial charge in [0.15, 0.2) is 0 Å². The summed E-state index contributed by atoms with van der Waals surface area (Å²) in [6.45, 7) is 2.00. The summed E-state index contributed by atoms with van der Waals surface area (Å²) < 4.78 is 0. The fraction of sp³-hybridized carbons (Fsp3) is 0.417. The van der Waals surface area contributed by atoms with Crippen molar-refractivity contribution in [2.24, 2.45) is 11.7 Å². The Labute approximate surface area is 89.7 Å². The molecule has 1 saturated heterocycles. The van der Waals surface area contributed by atoms with Gasteiger partial charge in [-0.05, 0) is 12.0 Å². The van der Waals surface area contributed by atoms with Crippen molar-refractivity contribution in [3.05, 3.63) is 35.9 Å². The highest BCUT2D eigenvalue weighted by molar-refractivity contribution is 5.82. The van der Waals surface area contributed by atoms with Gasteiger partial charge in [-0.15, -0.1) is 0 Å². The molecule has 1 heterocycles. The molecular formula is C12H16N2O. The van der Waals surface area contributed by atoms with E-state index in [0.29, 0.717) is 0 Å². The third-order valence-electron chi connectivity index (χ3n) is 3.08. The first-order valence-electron chi connectivity index (χ1n) is 5.35. The maximum absolute atomic E-state index is 11.6. The smallest absolute Gasteiger partial charge is 0.225 e. The summed E-state index contributed by atoms with van der Waals surface area (Å²) in [6.07, 6.45) is 0.802. The van der Waals surface area contributed by atoms with E-state index in [1.807, 2.05) is 37.3 Å². The van der Waals surface area contributed by atoms with Crippen molar-refractivity contribution in [3.63, 3.8) is 0 Å². The minimum atomic E-state index is -0.107.